The number of hydrogen-bond donors (Lipinski definition) is 0. The molecule has 0 atom stereocenters. The van der Waals surface area contributed by atoms with Gasteiger partial charge in [0.15, 0.2) is 0 Å². The molecule has 0 aliphatic rings. The maximum atomic E-state index is 12.4. The Labute approximate surface area is 157 Å². The Morgan fingerprint density at radius 2 is 1.58 bits per heavy atom. The first-order valence-corrected chi connectivity index (χ1v) is 9.20. The highest BCUT2D eigenvalue weighted by Crippen LogP contribution is 2.17. The predicted molar refractivity (Wildman–Crippen MR) is 106 cm³/mol. The largest absolute Gasteiger partial charge is 0.487 e. The molecular weight excluding hydrogens is 328 g/mol. The van der Waals surface area contributed by atoms with Crippen LogP contribution < -0.4 is 10.3 Å². The van der Waals surface area contributed by atoms with Crippen LogP contribution in [-0.2, 0) is 23.5 Å². The van der Waals surface area contributed by atoms with E-state index in [0.717, 1.165) is 11.1 Å². The van der Waals surface area contributed by atoms with E-state index in [1.807, 2.05) is 65.8 Å². The zero-order valence-corrected chi connectivity index (χ0v) is 17.1. The maximum Gasteiger partial charge on any atom is 0.273 e. The molecule has 5 heteroatoms. The van der Waals surface area contributed by atoms with Crippen molar-refractivity contribution in [1.29, 1.82) is 0 Å². The molecule has 0 amide bonds. The molecule has 2 aromatic rings. The summed E-state index contributed by atoms with van der Waals surface area (Å²) in [6.45, 7) is 15.3. The second-order valence-corrected chi connectivity index (χ2v) is 6.76. The molecule has 0 radical (unpaired) electrons. The summed E-state index contributed by atoms with van der Waals surface area (Å²) in [6, 6.07) is 8.06. The lowest BCUT2D eigenvalue weighted by Crippen LogP contribution is -2.37. The van der Waals surface area contributed by atoms with Crippen LogP contribution in [0.2, 0.25) is 0 Å². The highest BCUT2D eigenvalue weighted by Gasteiger charge is 2.18. The summed E-state index contributed by atoms with van der Waals surface area (Å²) in [5.74, 6) is 0.527. The molecule has 0 saturated carbocycles. The molecule has 0 N–H and O–H groups in total. The van der Waals surface area contributed by atoms with Crippen LogP contribution in [0.25, 0.3) is 0 Å². The van der Waals surface area contributed by atoms with Crippen molar-refractivity contribution in [3.05, 3.63) is 57.5 Å². The molecule has 0 aliphatic carbocycles. The Bertz CT molecular complexity index is 728. The van der Waals surface area contributed by atoms with E-state index < -0.39 is 0 Å². The minimum absolute atomic E-state index is 0.118. The first-order chi connectivity index (χ1) is 12.3. The summed E-state index contributed by atoms with van der Waals surface area (Å²) in [7, 11) is 0. The number of rotatable bonds is 6. The summed E-state index contributed by atoms with van der Waals surface area (Å²) in [5, 5.41) is 4.23. The van der Waals surface area contributed by atoms with Crippen molar-refractivity contribution < 1.29 is 9.47 Å². The Balaban J connectivity index is 0.00000163. The number of ether oxygens (including phenoxy) is 2. The minimum atomic E-state index is -0.350. The molecule has 0 unspecified atom stereocenters. The molecule has 144 valence electrons. The molecule has 0 saturated heterocycles. The normalized spacial score (nSPS) is 10.9. The Hall–Kier alpha value is -2.14. The van der Waals surface area contributed by atoms with Crippen molar-refractivity contribution in [2.75, 3.05) is 6.61 Å². The molecule has 0 fully saturated rings. The van der Waals surface area contributed by atoms with E-state index in [-0.39, 0.29) is 11.1 Å². The van der Waals surface area contributed by atoms with Gasteiger partial charge in [0, 0.05) is 6.61 Å². The molecule has 0 aliphatic heterocycles. The predicted octanol–water partition coefficient (Wildman–Crippen LogP) is 4.45. The van der Waals surface area contributed by atoms with Gasteiger partial charge in [-0.05, 0) is 45.7 Å². The van der Waals surface area contributed by atoms with Crippen LogP contribution in [0.15, 0.2) is 35.3 Å². The van der Waals surface area contributed by atoms with E-state index in [4.69, 9.17) is 9.47 Å². The Morgan fingerprint density at radius 3 is 2.08 bits per heavy atom. The molecule has 2 rings (SSSR count). The summed E-state index contributed by atoms with van der Waals surface area (Å²) >= 11 is 0. The topological polar surface area (TPSA) is 53.4 Å². The average molecular weight is 360 g/mol. The Kier molecular flexibility index (Phi) is 8.52. The highest BCUT2D eigenvalue weighted by molar-refractivity contribution is 5.28. The van der Waals surface area contributed by atoms with E-state index in [1.165, 1.54) is 4.68 Å². The smallest absolute Gasteiger partial charge is 0.273 e. The number of nitrogens with zero attached hydrogens (tertiary/aromatic N) is 2. The molecule has 0 bridgehead atoms. The van der Waals surface area contributed by atoms with Crippen molar-refractivity contribution in [2.24, 2.45) is 0 Å². The van der Waals surface area contributed by atoms with Gasteiger partial charge in [-0.15, -0.1) is 0 Å². The molecule has 1 aromatic carbocycles. The maximum absolute atomic E-state index is 12.4. The standard InChI is InChI=1S/C19H26N2O3.C2H6/c1-6-23-12-15-7-9-16(10-8-15)13-24-17-11-20-21(19(3,4)5)18(22)14(17)2;1-2/h7-11H,6,12-13H2,1-5H3;1-2H3. The zero-order valence-electron chi connectivity index (χ0n) is 17.1. The SMILES string of the molecule is CC.CCOCc1ccc(COc2cnn(C(C)(C)C)c(=O)c2C)cc1. The van der Waals surface area contributed by atoms with Gasteiger partial charge in [0.25, 0.3) is 5.56 Å². The Morgan fingerprint density at radius 1 is 1.04 bits per heavy atom. The molecule has 26 heavy (non-hydrogen) atoms. The van der Waals surface area contributed by atoms with Gasteiger partial charge in [-0.1, -0.05) is 38.1 Å². The average Bonchev–Trinajstić information content (AvgIpc) is 2.62. The van der Waals surface area contributed by atoms with E-state index in [0.29, 0.717) is 31.1 Å². The van der Waals surface area contributed by atoms with Crippen molar-refractivity contribution in [1.82, 2.24) is 9.78 Å². The van der Waals surface area contributed by atoms with Gasteiger partial charge >= 0.3 is 0 Å². The third-order valence-electron chi connectivity index (χ3n) is 3.70. The van der Waals surface area contributed by atoms with Crippen molar-refractivity contribution in [3.63, 3.8) is 0 Å². The summed E-state index contributed by atoms with van der Waals surface area (Å²) in [6.07, 6.45) is 1.62. The van der Waals surface area contributed by atoms with Gasteiger partial charge in [0.2, 0.25) is 0 Å². The van der Waals surface area contributed by atoms with Crippen molar-refractivity contribution >= 4 is 0 Å². The van der Waals surface area contributed by atoms with Crippen molar-refractivity contribution in [3.8, 4) is 5.75 Å². The van der Waals surface area contributed by atoms with Gasteiger partial charge in [0.05, 0.1) is 23.9 Å². The summed E-state index contributed by atoms with van der Waals surface area (Å²) in [4.78, 5) is 12.4. The molecule has 1 aromatic heterocycles. The minimum Gasteiger partial charge on any atom is -0.487 e. The van der Waals surface area contributed by atoms with Crippen LogP contribution in [0.3, 0.4) is 0 Å². The number of benzene rings is 1. The van der Waals surface area contributed by atoms with E-state index >= 15 is 0 Å². The lowest BCUT2D eigenvalue weighted by molar-refractivity contribution is 0.134. The first-order valence-electron chi connectivity index (χ1n) is 9.20. The summed E-state index contributed by atoms with van der Waals surface area (Å²) < 4.78 is 12.6. The second kappa shape index (κ2) is 10.1. The van der Waals surface area contributed by atoms with Gasteiger partial charge in [0.1, 0.15) is 12.4 Å². The van der Waals surface area contributed by atoms with Gasteiger partial charge in [-0.3, -0.25) is 4.79 Å². The lowest BCUT2D eigenvalue weighted by atomic mass is 10.1. The summed E-state index contributed by atoms with van der Waals surface area (Å²) in [5.41, 5.74) is 2.28. The van der Waals surface area contributed by atoms with Crippen LogP contribution in [0.1, 0.15) is 58.2 Å². The van der Waals surface area contributed by atoms with E-state index in [9.17, 15) is 4.79 Å². The van der Waals surface area contributed by atoms with Crippen molar-refractivity contribution in [2.45, 2.75) is 67.2 Å². The van der Waals surface area contributed by atoms with Gasteiger partial charge in [-0.25, -0.2) is 4.68 Å². The second-order valence-electron chi connectivity index (χ2n) is 6.76. The van der Waals surface area contributed by atoms with Crippen LogP contribution in [0.4, 0.5) is 0 Å². The highest BCUT2D eigenvalue weighted by atomic mass is 16.5. The lowest BCUT2D eigenvalue weighted by Gasteiger charge is -2.21. The fourth-order valence-electron chi connectivity index (χ4n) is 2.26. The van der Waals surface area contributed by atoms with E-state index in [1.54, 1.807) is 13.1 Å². The quantitative estimate of drug-likeness (QED) is 0.764. The molecule has 1 heterocycles. The third kappa shape index (κ3) is 5.99. The molecule has 0 spiro atoms. The van der Waals surface area contributed by atoms with Gasteiger partial charge in [-0.2, -0.15) is 5.10 Å². The van der Waals surface area contributed by atoms with Crippen LogP contribution in [0.5, 0.6) is 5.75 Å². The first kappa shape index (κ1) is 21.9. The number of hydrogen-bond acceptors (Lipinski definition) is 4. The fraction of sp³-hybridized carbons (Fsp3) is 0.524. The molecular formula is C21H32N2O3. The van der Waals surface area contributed by atoms with E-state index in [2.05, 4.69) is 5.10 Å². The van der Waals surface area contributed by atoms with Crippen LogP contribution in [0, 0.1) is 6.92 Å². The van der Waals surface area contributed by atoms with Crippen LogP contribution in [-0.4, -0.2) is 16.4 Å². The van der Waals surface area contributed by atoms with Crippen LogP contribution >= 0.6 is 0 Å². The third-order valence-corrected chi connectivity index (χ3v) is 3.70. The van der Waals surface area contributed by atoms with Gasteiger partial charge < -0.3 is 9.47 Å². The fourth-order valence-corrected chi connectivity index (χ4v) is 2.26. The zero-order chi connectivity index (χ0) is 19.7. The monoisotopic (exact) mass is 360 g/mol. The number of aromatic nitrogens is 2. The molecule has 5 nitrogen and oxygen atoms in total.